The van der Waals surface area contributed by atoms with Crippen molar-refractivity contribution in [2.24, 2.45) is 11.3 Å². The van der Waals surface area contributed by atoms with Crippen LogP contribution in [-0.4, -0.2) is 11.0 Å². The minimum Gasteiger partial charge on any atom is -0.376 e. The van der Waals surface area contributed by atoms with Crippen LogP contribution in [0.2, 0.25) is 0 Å². The molecular weight excluding hydrogens is 252 g/mol. The first-order valence-electron chi connectivity index (χ1n) is 7.30. The summed E-state index contributed by atoms with van der Waals surface area (Å²) in [4.78, 5) is 10.9. The van der Waals surface area contributed by atoms with E-state index in [-0.39, 0.29) is 10.6 Å². The van der Waals surface area contributed by atoms with Crippen molar-refractivity contribution in [3.8, 4) is 0 Å². The van der Waals surface area contributed by atoms with E-state index in [4.69, 9.17) is 0 Å². The number of rotatable bonds is 3. The SMILES string of the molecule is Cc1ccc(NC2CCC(C)(C)CC2C)c([N+](=O)[O-])c1. The third kappa shape index (κ3) is 3.30. The highest BCUT2D eigenvalue weighted by atomic mass is 16.6. The van der Waals surface area contributed by atoms with Crippen LogP contribution in [0, 0.1) is 28.4 Å². The molecule has 1 saturated carbocycles. The van der Waals surface area contributed by atoms with Gasteiger partial charge in [-0.05, 0) is 49.1 Å². The van der Waals surface area contributed by atoms with Gasteiger partial charge in [-0.15, -0.1) is 0 Å². The average molecular weight is 276 g/mol. The molecule has 0 bridgehead atoms. The summed E-state index contributed by atoms with van der Waals surface area (Å²) in [6.07, 6.45) is 3.39. The van der Waals surface area contributed by atoms with Crippen molar-refractivity contribution in [3.63, 3.8) is 0 Å². The van der Waals surface area contributed by atoms with Crippen molar-refractivity contribution >= 4 is 11.4 Å². The predicted molar refractivity (Wildman–Crippen MR) is 82.0 cm³/mol. The molecule has 0 aromatic heterocycles. The smallest absolute Gasteiger partial charge is 0.292 e. The van der Waals surface area contributed by atoms with E-state index in [1.807, 2.05) is 19.1 Å². The largest absolute Gasteiger partial charge is 0.376 e. The summed E-state index contributed by atoms with van der Waals surface area (Å²) in [6, 6.07) is 5.72. The van der Waals surface area contributed by atoms with Crippen molar-refractivity contribution in [1.29, 1.82) is 0 Å². The molecule has 0 radical (unpaired) electrons. The van der Waals surface area contributed by atoms with Crippen LogP contribution in [0.15, 0.2) is 18.2 Å². The fourth-order valence-corrected chi connectivity index (χ4v) is 3.28. The third-order valence-corrected chi connectivity index (χ3v) is 4.38. The van der Waals surface area contributed by atoms with Crippen molar-refractivity contribution in [3.05, 3.63) is 33.9 Å². The molecule has 4 heteroatoms. The van der Waals surface area contributed by atoms with E-state index in [0.29, 0.717) is 23.1 Å². The monoisotopic (exact) mass is 276 g/mol. The van der Waals surface area contributed by atoms with Gasteiger partial charge in [-0.25, -0.2) is 0 Å². The fourth-order valence-electron chi connectivity index (χ4n) is 3.28. The van der Waals surface area contributed by atoms with Crippen LogP contribution >= 0.6 is 0 Å². The van der Waals surface area contributed by atoms with E-state index >= 15 is 0 Å². The zero-order chi connectivity index (χ0) is 14.9. The molecule has 1 N–H and O–H groups in total. The molecule has 110 valence electrons. The molecule has 2 atom stereocenters. The van der Waals surface area contributed by atoms with Crippen molar-refractivity contribution in [2.45, 2.75) is 53.0 Å². The zero-order valence-electron chi connectivity index (χ0n) is 12.8. The Balaban J connectivity index is 2.16. The van der Waals surface area contributed by atoms with E-state index in [1.165, 1.54) is 0 Å². The molecule has 0 saturated heterocycles. The topological polar surface area (TPSA) is 55.2 Å². The first-order valence-corrected chi connectivity index (χ1v) is 7.30. The number of benzene rings is 1. The summed E-state index contributed by atoms with van der Waals surface area (Å²) in [5.41, 5.74) is 2.14. The van der Waals surface area contributed by atoms with Crippen LogP contribution in [0.1, 0.15) is 45.6 Å². The van der Waals surface area contributed by atoms with Crippen LogP contribution in [0.5, 0.6) is 0 Å². The Hall–Kier alpha value is -1.58. The second-order valence-corrected chi connectivity index (χ2v) is 6.91. The molecule has 4 nitrogen and oxygen atoms in total. The second-order valence-electron chi connectivity index (χ2n) is 6.91. The van der Waals surface area contributed by atoms with Gasteiger partial charge >= 0.3 is 0 Å². The third-order valence-electron chi connectivity index (χ3n) is 4.38. The van der Waals surface area contributed by atoms with Gasteiger partial charge in [0, 0.05) is 12.1 Å². The van der Waals surface area contributed by atoms with E-state index in [2.05, 4.69) is 26.1 Å². The number of nitrogens with zero attached hydrogens (tertiary/aromatic N) is 1. The number of aryl methyl sites for hydroxylation is 1. The standard InChI is InChI=1S/C16H24N2O2/c1-11-5-6-14(15(9-11)18(19)20)17-13-7-8-16(3,4)10-12(13)2/h5-6,9,12-13,17H,7-8,10H2,1-4H3. The Kier molecular flexibility index (Phi) is 4.02. The molecule has 0 heterocycles. The van der Waals surface area contributed by atoms with Gasteiger partial charge in [0.05, 0.1) is 4.92 Å². The lowest BCUT2D eigenvalue weighted by molar-refractivity contribution is -0.384. The van der Waals surface area contributed by atoms with E-state index in [0.717, 1.165) is 24.8 Å². The lowest BCUT2D eigenvalue weighted by Gasteiger charge is -2.39. The predicted octanol–water partition coefficient (Wildman–Crippen LogP) is 4.53. The number of nitro benzene ring substituents is 1. The first kappa shape index (κ1) is 14.8. The fraction of sp³-hybridized carbons (Fsp3) is 0.625. The minimum atomic E-state index is -0.299. The molecule has 1 fully saturated rings. The van der Waals surface area contributed by atoms with Crippen molar-refractivity contribution in [1.82, 2.24) is 0 Å². The van der Waals surface area contributed by atoms with Crippen LogP contribution in [-0.2, 0) is 0 Å². The summed E-state index contributed by atoms with van der Waals surface area (Å²) >= 11 is 0. The van der Waals surface area contributed by atoms with E-state index in [1.54, 1.807) is 6.07 Å². The van der Waals surface area contributed by atoms with Crippen molar-refractivity contribution in [2.75, 3.05) is 5.32 Å². The summed E-state index contributed by atoms with van der Waals surface area (Å²) in [5.74, 6) is 0.527. The van der Waals surface area contributed by atoms with Crippen LogP contribution in [0.4, 0.5) is 11.4 Å². The molecule has 1 aliphatic rings. The van der Waals surface area contributed by atoms with Gasteiger partial charge in [-0.1, -0.05) is 26.8 Å². The van der Waals surface area contributed by atoms with Crippen molar-refractivity contribution < 1.29 is 4.92 Å². The van der Waals surface area contributed by atoms with Crippen LogP contribution < -0.4 is 5.32 Å². The Bertz CT molecular complexity index is 511. The Morgan fingerprint density at radius 2 is 2.10 bits per heavy atom. The number of anilines is 1. The average Bonchev–Trinajstić information content (AvgIpc) is 2.33. The van der Waals surface area contributed by atoms with Crippen LogP contribution in [0.3, 0.4) is 0 Å². The maximum Gasteiger partial charge on any atom is 0.292 e. The quantitative estimate of drug-likeness (QED) is 0.652. The van der Waals surface area contributed by atoms with Gasteiger partial charge in [-0.3, -0.25) is 10.1 Å². The molecule has 20 heavy (non-hydrogen) atoms. The van der Waals surface area contributed by atoms with E-state index in [9.17, 15) is 10.1 Å². The molecule has 1 aromatic carbocycles. The normalized spacial score (nSPS) is 25.2. The van der Waals surface area contributed by atoms with Gasteiger partial charge in [0.15, 0.2) is 0 Å². The van der Waals surface area contributed by atoms with Gasteiger partial charge in [0.1, 0.15) is 5.69 Å². The highest BCUT2D eigenvalue weighted by Crippen LogP contribution is 2.40. The molecule has 0 spiro atoms. The number of nitrogens with one attached hydrogen (secondary N) is 1. The highest BCUT2D eigenvalue weighted by molar-refractivity contribution is 5.63. The molecule has 0 amide bonds. The Labute approximate surface area is 120 Å². The lowest BCUT2D eigenvalue weighted by atomic mass is 9.70. The number of hydrogen-bond donors (Lipinski definition) is 1. The Morgan fingerprint density at radius 3 is 2.70 bits per heavy atom. The second kappa shape index (κ2) is 5.43. The summed E-state index contributed by atoms with van der Waals surface area (Å²) in [5, 5.41) is 14.6. The Morgan fingerprint density at radius 1 is 1.40 bits per heavy atom. The van der Waals surface area contributed by atoms with Gasteiger partial charge in [0.2, 0.25) is 0 Å². The first-order chi connectivity index (χ1) is 9.28. The van der Waals surface area contributed by atoms with Crippen LogP contribution in [0.25, 0.3) is 0 Å². The lowest BCUT2D eigenvalue weighted by Crippen LogP contribution is -2.37. The van der Waals surface area contributed by atoms with E-state index < -0.39 is 0 Å². The maximum atomic E-state index is 11.2. The van der Waals surface area contributed by atoms with Gasteiger partial charge in [-0.2, -0.15) is 0 Å². The molecule has 1 aliphatic carbocycles. The maximum absolute atomic E-state index is 11.2. The van der Waals surface area contributed by atoms with Gasteiger partial charge < -0.3 is 5.32 Å². The molecular formula is C16H24N2O2. The minimum absolute atomic E-state index is 0.182. The number of hydrogen-bond acceptors (Lipinski definition) is 3. The summed E-state index contributed by atoms with van der Waals surface area (Å²) in [6.45, 7) is 8.71. The van der Waals surface area contributed by atoms with Gasteiger partial charge in [0.25, 0.3) is 5.69 Å². The molecule has 0 aliphatic heterocycles. The molecule has 1 aromatic rings. The summed E-state index contributed by atoms with van der Waals surface area (Å²) < 4.78 is 0. The zero-order valence-corrected chi connectivity index (χ0v) is 12.8. The number of nitro groups is 1. The summed E-state index contributed by atoms with van der Waals surface area (Å²) in [7, 11) is 0. The molecule has 2 rings (SSSR count). The molecule has 2 unspecified atom stereocenters. The highest BCUT2D eigenvalue weighted by Gasteiger charge is 2.33.